The Hall–Kier alpha value is -3.36. The number of nitrogens with one attached hydrogen (secondary N) is 1. The molecule has 0 unspecified atom stereocenters. The summed E-state index contributed by atoms with van der Waals surface area (Å²) >= 11 is 0. The Balaban J connectivity index is 2.01. The number of nitrogens with zero attached hydrogens (tertiary/aromatic N) is 4. The second-order valence-electron chi connectivity index (χ2n) is 6.21. The van der Waals surface area contributed by atoms with Crippen LogP contribution in [0.5, 0.6) is 0 Å². The maximum absolute atomic E-state index is 14.1. The highest BCUT2D eigenvalue weighted by Gasteiger charge is 2.21. The van der Waals surface area contributed by atoms with Crippen LogP contribution in [0.2, 0.25) is 0 Å². The first-order chi connectivity index (χ1) is 12.7. The molecule has 2 heterocycles. The summed E-state index contributed by atoms with van der Waals surface area (Å²) in [6, 6.07) is 3.00. The van der Waals surface area contributed by atoms with E-state index < -0.39 is 23.4 Å². The minimum absolute atomic E-state index is 0.188. The molecule has 0 atom stereocenters. The monoisotopic (exact) mass is 373 g/mol. The summed E-state index contributed by atoms with van der Waals surface area (Å²) in [5.41, 5.74) is 0.410. The number of hydrogen-bond donors (Lipinski definition) is 1. The second-order valence-corrected chi connectivity index (χ2v) is 6.21. The smallest absolute Gasteiger partial charge is 0.258 e. The Morgan fingerprint density at radius 1 is 1.15 bits per heavy atom. The topological polar surface area (TPSA) is 80.1 Å². The van der Waals surface area contributed by atoms with E-state index in [-0.39, 0.29) is 16.8 Å². The summed E-state index contributed by atoms with van der Waals surface area (Å²) in [6.07, 6.45) is 1.44. The van der Waals surface area contributed by atoms with E-state index in [0.717, 1.165) is 11.0 Å². The predicted octanol–water partition coefficient (Wildman–Crippen LogP) is 2.51. The lowest BCUT2D eigenvalue weighted by Gasteiger charge is -2.13. The molecule has 0 saturated carbocycles. The van der Waals surface area contributed by atoms with Gasteiger partial charge >= 0.3 is 0 Å². The van der Waals surface area contributed by atoms with Crippen LogP contribution in [-0.4, -0.2) is 45.3 Å². The third-order valence-corrected chi connectivity index (χ3v) is 4.17. The fourth-order valence-corrected chi connectivity index (χ4v) is 2.61. The molecule has 9 heteroatoms. The quantitative estimate of drug-likeness (QED) is 0.765. The molecule has 140 valence electrons. The molecule has 3 aromatic rings. The van der Waals surface area contributed by atoms with Gasteiger partial charge in [0.2, 0.25) is 0 Å². The van der Waals surface area contributed by atoms with Crippen molar-refractivity contribution in [2.75, 3.05) is 19.4 Å². The summed E-state index contributed by atoms with van der Waals surface area (Å²) in [7, 11) is 4.65. The highest BCUT2D eigenvalue weighted by atomic mass is 19.1. The Labute approximate surface area is 153 Å². The van der Waals surface area contributed by atoms with Gasteiger partial charge in [-0.15, -0.1) is 0 Å². The predicted molar refractivity (Wildman–Crippen MR) is 95.6 cm³/mol. The number of benzene rings is 1. The minimum Gasteiger partial charge on any atom is -0.345 e. The lowest BCUT2D eigenvalue weighted by atomic mass is 10.1. The summed E-state index contributed by atoms with van der Waals surface area (Å²) in [5, 5.41) is 2.38. The number of carbonyl (C=O) groups is 2. The number of halogens is 2. The molecule has 0 aliphatic carbocycles. The van der Waals surface area contributed by atoms with Crippen LogP contribution in [0.1, 0.15) is 26.5 Å². The molecule has 1 aromatic carbocycles. The molecule has 7 nitrogen and oxygen atoms in total. The van der Waals surface area contributed by atoms with E-state index in [1.807, 2.05) is 0 Å². The number of rotatable bonds is 3. The molecule has 0 aliphatic heterocycles. The third kappa shape index (κ3) is 3.23. The van der Waals surface area contributed by atoms with Crippen LogP contribution >= 0.6 is 0 Å². The van der Waals surface area contributed by atoms with Crippen molar-refractivity contribution in [2.45, 2.75) is 6.92 Å². The fourth-order valence-electron chi connectivity index (χ4n) is 2.61. The van der Waals surface area contributed by atoms with Gasteiger partial charge in [0.15, 0.2) is 5.65 Å². The van der Waals surface area contributed by atoms with Crippen molar-refractivity contribution in [3.63, 3.8) is 0 Å². The second kappa shape index (κ2) is 6.75. The van der Waals surface area contributed by atoms with E-state index in [2.05, 4.69) is 15.3 Å². The average molecular weight is 373 g/mol. The number of anilines is 1. The first-order valence-electron chi connectivity index (χ1n) is 8.00. The number of amides is 2. The van der Waals surface area contributed by atoms with Crippen LogP contribution in [0.15, 0.2) is 24.4 Å². The van der Waals surface area contributed by atoms with Crippen molar-refractivity contribution in [3.05, 3.63) is 53.0 Å². The van der Waals surface area contributed by atoms with E-state index in [1.54, 1.807) is 18.5 Å². The van der Waals surface area contributed by atoms with E-state index in [9.17, 15) is 18.4 Å². The third-order valence-electron chi connectivity index (χ3n) is 4.17. The van der Waals surface area contributed by atoms with Crippen molar-refractivity contribution >= 4 is 28.7 Å². The molecule has 2 aromatic heterocycles. The lowest BCUT2D eigenvalue weighted by Crippen LogP contribution is -2.23. The van der Waals surface area contributed by atoms with Gasteiger partial charge in [0.05, 0.1) is 16.8 Å². The largest absolute Gasteiger partial charge is 0.345 e. The summed E-state index contributed by atoms with van der Waals surface area (Å²) < 4.78 is 29.8. The molecule has 1 N–H and O–H groups in total. The van der Waals surface area contributed by atoms with Gasteiger partial charge in [-0.3, -0.25) is 9.59 Å². The minimum atomic E-state index is -1.00. The zero-order valence-corrected chi connectivity index (χ0v) is 15.2. The number of aromatic nitrogens is 3. The fraction of sp³-hybridized carbons (Fsp3) is 0.222. The maximum atomic E-state index is 14.1. The molecule has 0 aliphatic rings. The maximum Gasteiger partial charge on any atom is 0.258 e. The van der Waals surface area contributed by atoms with Gasteiger partial charge in [-0.1, -0.05) is 0 Å². The molecular formula is C18H17F2N5O2. The summed E-state index contributed by atoms with van der Waals surface area (Å²) in [4.78, 5) is 34.3. The van der Waals surface area contributed by atoms with Gasteiger partial charge in [0.1, 0.15) is 23.0 Å². The van der Waals surface area contributed by atoms with Crippen molar-refractivity contribution in [1.29, 1.82) is 0 Å². The first kappa shape index (κ1) is 18.4. The molecule has 3 rings (SSSR count). The van der Waals surface area contributed by atoms with E-state index >= 15 is 0 Å². The molecule has 0 saturated heterocycles. The zero-order chi connectivity index (χ0) is 19.9. The van der Waals surface area contributed by atoms with E-state index in [1.165, 1.54) is 26.4 Å². The molecule has 0 spiro atoms. The Morgan fingerprint density at radius 2 is 1.85 bits per heavy atom. The van der Waals surface area contributed by atoms with Crippen LogP contribution in [0, 0.1) is 18.6 Å². The van der Waals surface area contributed by atoms with Crippen LogP contribution in [0.4, 0.5) is 14.5 Å². The van der Waals surface area contributed by atoms with Crippen molar-refractivity contribution in [2.24, 2.45) is 7.05 Å². The van der Waals surface area contributed by atoms with Crippen LogP contribution in [-0.2, 0) is 7.05 Å². The summed E-state index contributed by atoms with van der Waals surface area (Å²) in [6.45, 7) is 1.77. The molecule has 0 bridgehead atoms. The number of fused-ring (bicyclic) bond motifs is 1. The number of aryl methyl sites for hydroxylation is 2. The highest BCUT2D eigenvalue weighted by Crippen LogP contribution is 2.23. The zero-order valence-electron chi connectivity index (χ0n) is 15.2. The Bertz CT molecular complexity index is 1080. The molecular weight excluding hydrogens is 356 g/mol. The standard InChI is InChI=1S/C18H17F2N5O2/c1-9-22-15-10(5-6-21-16(15)25(9)4)17(26)23-14-7-11(18(27)24(2)3)12(19)8-13(14)20/h5-8H,1-4H3,(H,23,26). The molecule has 0 fully saturated rings. The van der Waals surface area contributed by atoms with Crippen molar-refractivity contribution < 1.29 is 18.4 Å². The van der Waals surface area contributed by atoms with Gasteiger partial charge in [-0.05, 0) is 19.1 Å². The highest BCUT2D eigenvalue weighted by molar-refractivity contribution is 6.11. The molecule has 27 heavy (non-hydrogen) atoms. The van der Waals surface area contributed by atoms with E-state index in [0.29, 0.717) is 23.1 Å². The molecule has 0 radical (unpaired) electrons. The van der Waals surface area contributed by atoms with E-state index in [4.69, 9.17) is 0 Å². The first-order valence-corrected chi connectivity index (χ1v) is 8.00. The van der Waals surface area contributed by atoms with Gasteiger partial charge in [0, 0.05) is 33.4 Å². The lowest BCUT2D eigenvalue weighted by molar-refractivity contribution is 0.0822. The number of pyridine rings is 1. The van der Waals surface area contributed by atoms with Crippen LogP contribution < -0.4 is 5.32 Å². The molecule has 2 amide bonds. The van der Waals surface area contributed by atoms with Crippen molar-refractivity contribution in [1.82, 2.24) is 19.4 Å². The number of carbonyl (C=O) groups excluding carboxylic acids is 2. The van der Waals surface area contributed by atoms with Gasteiger partial charge < -0.3 is 14.8 Å². The van der Waals surface area contributed by atoms with Gasteiger partial charge in [0.25, 0.3) is 11.8 Å². The summed E-state index contributed by atoms with van der Waals surface area (Å²) in [5.74, 6) is -2.62. The average Bonchev–Trinajstić information content (AvgIpc) is 2.91. The van der Waals surface area contributed by atoms with Gasteiger partial charge in [-0.25, -0.2) is 18.7 Å². The van der Waals surface area contributed by atoms with Gasteiger partial charge in [-0.2, -0.15) is 0 Å². The Kier molecular flexibility index (Phi) is 4.61. The van der Waals surface area contributed by atoms with Crippen LogP contribution in [0.25, 0.3) is 11.2 Å². The normalized spacial score (nSPS) is 10.9. The SMILES string of the molecule is Cc1nc2c(C(=O)Nc3cc(C(=O)N(C)C)c(F)cc3F)ccnc2n1C. The Morgan fingerprint density at radius 3 is 2.52 bits per heavy atom. The van der Waals surface area contributed by atoms with Crippen molar-refractivity contribution in [3.8, 4) is 0 Å². The number of hydrogen-bond acceptors (Lipinski definition) is 4. The van der Waals surface area contributed by atoms with Crippen LogP contribution in [0.3, 0.4) is 0 Å². The number of imidazole rings is 1.